The molecule has 0 saturated heterocycles. The summed E-state index contributed by atoms with van der Waals surface area (Å²) in [5.74, 6) is 1.34. The van der Waals surface area contributed by atoms with Crippen LogP contribution in [0.4, 0.5) is 5.82 Å². The van der Waals surface area contributed by atoms with Crippen LogP contribution in [-0.4, -0.2) is 19.9 Å². The third-order valence-electron chi connectivity index (χ3n) is 3.14. The zero-order chi connectivity index (χ0) is 13.2. The lowest BCUT2D eigenvalue weighted by Crippen LogP contribution is -1.93. The summed E-state index contributed by atoms with van der Waals surface area (Å²) in [6.07, 6.45) is 3.20. The second kappa shape index (κ2) is 4.68. The minimum Gasteiger partial charge on any atom is -0.382 e. The third-order valence-corrected chi connectivity index (χ3v) is 3.14. The molecule has 5 heteroatoms. The van der Waals surface area contributed by atoms with Gasteiger partial charge in [0.15, 0.2) is 11.5 Å². The highest BCUT2D eigenvalue weighted by Crippen LogP contribution is 2.14. The molecule has 0 saturated carbocycles. The Morgan fingerprint density at radius 2 is 1.89 bits per heavy atom. The Morgan fingerprint density at radius 3 is 2.63 bits per heavy atom. The van der Waals surface area contributed by atoms with Gasteiger partial charge in [0.25, 0.3) is 0 Å². The van der Waals surface area contributed by atoms with Crippen molar-refractivity contribution in [2.75, 3.05) is 5.73 Å². The first kappa shape index (κ1) is 11.6. The molecule has 96 valence electrons. The van der Waals surface area contributed by atoms with Gasteiger partial charge in [-0.3, -0.25) is 0 Å². The van der Waals surface area contributed by atoms with Crippen molar-refractivity contribution in [3.05, 3.63) is 47.5 Å². The van der Waals surface area contributed by atoms with Gasteiger partial charge in [-0.25, -0.2) is 15.0 Å². The van der Waals surface area contributed by atoms with E-state index in [1.807, 2.05) is 0 Å². The number of benzene rings is 1. The monoisotopic (exact) mass is 253 g/mol. The third kappa shape index (κ3) is 2.40. The molecule has 0 amide bonds. The number of hydrogen-bond acceptors (Lipinski definition) is 4. The normalized spacial score (nSPS) is 11.0. The number of anilines is 1. The predicted molar refractivity (Wildman–Crippen MR) is 74.7 cm³/mol. The highest BCUT2D eigenvalue weighted by atomic mass is 15.0. The Labute approximate surface area is 110 Å². The van der Waals surface area contributed by atoms with E-state index in [2.05, 4.69) is 51.1 Å². The molecule has 2 aromatic heterocycles. The van der Waals surface area contributed by atoms with Crippen molar-refractivity contribution in [1.82, 2.24) is 19.9 Å². The summed E-state index contributed by atoms with van der Waals surface area (Å²) in [5, 5.41) is 0. The number of imidazole rings is 1. The number of nitrogens with one attached hydrogen (secondary N) is 1. The second-order valence-electron chi connectivity index (χ2n) is 4.63. The highest BCUT2D eigenvalue weighted by Gasteiger charge is 2.07. The molecule has 3 rings (SSSR count). The van der Waals surface area contributed by atoms with Gasteiger partial charge >= 0.3 is 0 Å². The van der Waals surface area contributed by atoms with E-state index in [0.29, 0.717) is 11.5 Å². The molecular formula is C14H15N5. The summed E-state index contributed by atoms with van der Waals surface area (Å²) < 4.78 is 0. The minimum atomic E-state index is 0.444. The molecule has 1 aromatic carbocycles. The second-order valence-corrected chi connectivity index (χ2v) is 4.63. The zero-order valence-corrected chi connectivity index (χ0v) is 10.7. The van der Waals surface area contributed by atoms with Crippen LogP contribution in [0.25, 0.3) is 11.2 Å². The molecule has 3 aromatic rings. The van der Waals surface area contributed by atoms with Gasteiger partial charge in [-0.2, -0.15) is 0 Å². The fourth-order valence-electron chi connectivity index (χ4n) is 2.03. The van der Waals surface area contributed by atoms with E-state index in [1.165, 1.54) is 17.5 Å². The van der Waals surface area contributed by atoms with Gasteiger partial charge in [-0.1, -0.05) is 29.8 Å². The molecule has 0 aliphatic heterocycles. The number of aryl methyl sites for hydroxylation is 3. The van der Waals surface area contributed by atoms with Crippen LogP contribution in [0.2, 0.25) is 0 Å². The molecule has 0 aliphatic carbocycles. The molecular weight excluding hydrogens is 238 g/mol. The molecule has 0 radical (unpaired) electrons. The summed E-state index contributed by atoms with van der Waals surface area (Å²) >= 11 is 0. The topological polar surface area (TPSA) is 80.5 Å². The van der Waals surface area contributed by atoms with Crippen LogP contribution >= 0.6 is 0 Å². The van der Waals surface area contributed by atoms with Gasteiger partial charge in [0.2, 0.25) is 0 Å². The van der Waals surface area contributed by atoms with E-state index in [4.69, 9.17) is 5.73 Å². The van der Waals surface area contributed by atoms with E-state index in [0.717, 1.165) is 24.2 Å². The van der Waals surface area contributed by atoms with E-state index >= 15 is 0 Å². The summed E-state index contributed by atoms with van der Waals surface area (Å²) in [6, 6.07) is 8.53. The Morgan fingerprint density at radius 1 is 1.11 bits per heavy atom. The standard InChI is InChI=1S/C14H15N5/c1-9-2-4-10(5-3-9)6-7-11-18-12-13(15)16-8-17-14(12)19-11/h2-5,8H,6-7H2,1H3,(H3,15,16,17,18,19). The first-order valence-corrected chi connectivity index (χ1v) is 6.23. The maximum absolute atomic E-state index is 5.77. The number of nitrogens with two attached hydrogens (primary N) is 1. The van der Waals surface area contributed by atoms with E-state index in [1.54, 1.807) is 0 Å². The number of aromatic amines is 1. The SMILES string of the molecule is Cc1ccc(CCc2nc3ncnc(N)c3[nH]2)cc1. The van der Waals surface area contributed by atoms with Crippen LogP contribution in [0.3, 0.4) is 0 Å². The average Bonchev–Trinajstić information content (AvgIpc) is 2.83. The number of nitrogen functional groups attached to an aromatic ring is 1. The summed E-state index contributed by atoms with van der Waals surface area (Å²) in [5.41, 5.74) is 9.70. The molecule has 0 bridgehead atoms. The van der Waals surface area contributed by atoms with Crippen molar-refractivity contribution in [1.29, 1.82) is 0 Å². The van der Waals surface area contributed by atoms with E-state index in [9.17, 15) is 0 Å². The molecule has 0 atom stereocenters. The molecule has 0 fully saturated rings. The van der Waals surface area contributed by atoms with Gasteiger partial charge < -0.3 is 10.7 Å². The van der Waals surface area contributed by atoms with Crippen molar-refractivity contribution in [2.24, 2.45) is 0 Å². The first-order chi connectivity index (χ1) is 9.22. The highest BCUT2D eigenvalue weighted by molar-refractivity contribution is 5.80. The Balaban J connectivity index is 1.78. The molecule has 5 nitrogen and oxygen atoms in total. The van der Waals surface area contributed by atoms with Crippen molar-refractivity contribution >= 4 is 17.0 Å². The summed E-state index contributed by atoms with van der Waals surface area (Å²) in [4.78, 5) is 15.6. The Hall–Kier alpha value is -2.43. The number of hydrogen-bond donors (Lipinski definition) is 2. The van der Waals surface area contributed by atoms with Crippen LogP contribution in [0.5, 0.6) is 0 Å². The maximum atomic E-state index is 5.77. The van der Waals surface area contributed by atoms with Crippen molar-refractivity contribution in [3.8, 4) is 0 Å². The predicted octanol–water partition coefficient (Wildman–Crippen LogP) is 2.03. The largest absolute Gasteiger partial charge is 0.382 e. The van der Waals surface area contributed by atoms with Gasteiger partial charge in [0.05, 0.1) is 0 Å². The van der Waals surface area contributed by atoms with E-state index in [-0.39, 0.29) is 0 Å². The average molecular weight is 253 g/mol. The number of rotatable bonds is 3. The maximum Gasteiger partial charge on any atom is 0.183 e. The molecule has 3 N–H and O–H groups in total. The van der Waals surface area contributed by atoms with Crippen LogP contribution in [0.1, 0.15) is 17.0 Å². The first-order valence-electron chi connectivity index (χ1n) is 6.23. The van der Waals surface area contributed by atoms with Crippen LogP contribution in [-0.2, 0) is 12.8 Å². The molecule has 0 spiro atoms. The van der Waals surface area contributed by atoms with Gasteiger partial charge in [0.1, 0.15) is 17.7 Å². The number of H-pyrrole nitrogens is 1. The number of nitrogens with zero attached hydrogens (tertiary/aromatic N) is 3. The number of fused-ring (bicyclic) bond motifs is 1. The van der Waals surface area contributed by atoms with Crippen LogP contribution < -0.4 is 5.73 Å². The van der Waals surface area contributed by atoms with Gasteiger partial charge in [0, 0.05) is 6.42 Å². The lowest BCUT2D eigenvalue weighted by atomic mass is 10.1. The lowest BCUT2D eigenvalue weighted by Gasteiger charge is -1.99. The summed E-state index contributed by atoms with van der Waals surface area (Å²) in [7, 11) is 0. The van der Waals surface area contributed by atoms with Crippen LogP contribution in [0.15, 0.2) is 30.6 Å². The van der Waals surface area contributed by atoms with Gasteiger partial charge in [-0.05, 0) is 18.9 Å². The Bertz CT molecular complexity index is 699. The van der Waals surface area contributed by atoms with Gasteiger partial charge in [-0.15, -0.1) is 0 Å². The summed E-state index contributed by atoms with van der Waals surface area (Å²) in [6.45, 7) is 2.09. The molecule has 2 heterocycles. The van der Waals surface area contributed by atoms with E-state index < -0.39 is 0 Å². The Kier molecular flexibility index (Phi) is 2.87. The molecule has 19 heavy (non-hydrogen) atoms. The van der Waals surface area contributed by atoms with Crippen LogP contribution in [0, 0.1) is 6.92 Å². The van der Waals surface area contributed by atoms with Crippen molar-refractivity contribution in [3.63, 3.8) is 0 Å². The minimum absolute atomic E-state index is 0.444. The quantitative estimate of drug-likeness (QED) is 0.748. The zero-order valence-electron chi connectivity index (χ0n) is 10.7. The fourth-order valence-corrected chi connectivity index (χ4v) is 2.03. The fraction of sp³-hybridized carbons (Fsp3) is 0.214. The van der Waals surface area contributed by atoms with Crippen molar-refractivity contribution in [2.45, 2.75) is 19.8 Å². The number of aromatic nitrogens is 4. The molecule has 0 aliphatic rings. The van der Waals surface area contributed by atoms with Crippen molar-refractivity contribution < 1.29 is 0 Å². The molecule has 0 unspecified atom stereocenters. The lowest BCUT2D eigenvalue weighted by molar-refractivity contribution is 0.888. The smallest absolute Gasteiger partial charge is 0.183 e.